The number of amides is 2. The van der Waals surface area contributed by atoms with Crippen LogP contribution in [0.3, 0.4) is 0 Å². The van der Waals surface area contributed by atoms with Gasteiger partial charge in [0.25, 0.3) is 0 Å². The molecule has 1 N–H and O–H groups in total. The van der Waals surface area contributed by atoms with Crippen molar-refractivity contribution in [1.29, 1.82) is 0 Å². The Balaban J connectivity index is 1.52. The van der Waals surface area contributed by atoms with E-state index in [0.717, 1.165) is 11.1 Å². The Morgan fingerprint density at radius 3 is 2.27 bits per heavy atom. The molecule has 212 valence electrons. The van der Waals surface area contributed by atoms with Crippen LogP contribution in [0.4, 0.5) is 0 Å². The first-order valence-electron chi connectivity index (χ1n) is 13.9. The van der Waals surface area contributed by atoms with Crippen molar-refractivity contribution >= 4 is 23.4 Å². The van der Waals surface area contributed by atoms with Crippen LogP contribution in [0, 0.1) is 29.1 Å². The number of phenols is 1. The minimum Gasteiger partial charge on any atom is -0.508 e. The molecule has 8 nitrogen and oxygen atoms in total. The van der Waals surface area contributed by atoms with Crippen LogP contribution in [0.15, 0.2) is 65.8 Å². The fourth-order valence-electron chi connectivity index (χ4n) is 7.90. The summed E-state index contributed by atoms with van der Waals surface area (Å²) in [4.78, 5) is 56.6. The minimum absolute atomic E-state index is 0.0653. The molecule has 2 aromatic rings. The van der Waals surface area contributed by atoms with Crippen LogP contribution in [0.25, 0.3) is 0 Å². The number of allylic oxidation sites excluding steroid dienone is 4. The first-order valence-corrected chi connectivity index (χ1v) is 13.9. The largest absolute Gasteiger partial charge is 0.508 e. The summed E-state index contributed by atoms with van der Waals surface area (Å²) in [6.45, 7) is 3.66. The van der Waals surface area contributed by atoms with Crippen molar-refractivity contribution in [2.45, 2.75) is 39.2 Å². The molecule has 2 amide bonds. The molecule has 3 aliphatic carbocycles. The second kappa shape index (κ2) is 9.72. The molecule has 1 heterocycles. The third-order valence-electron chi connectivity index (χ3n) is 9.73. The molecule has 1 saturated heterocycles. The van der Waals surface area contributed by atoms with Gasteiger partial charge in [0.15, 0.2) is 11.6 Å². The molecule has 6 atom stereocenters. The van der Waals surface area contributed by atoms with Gasteiger partial charge < -0.3 is 14.6 Å². The number of fused-ring (bicyclic) bond motifs is 4. The number of ketones is 2. The highest BCUT2D eigenvalue weighted by molar-refractivity contribution is 6.13. The van der Waals surface area contributed by atoms with Crippen molar-refractivity contribution in [1.82, 2.24) is 4.90 Å². The van der Waals surface area contributed by atoms with Crippen molar-refractivity contribution < 1.29 is 33.8 Å². The topological polar surface area (TPSA) is 110 Å². The standard InChI is InChI=1S/C33H33NO7/c1-17-12-24(36)23-15-22-20(10-11-21-27(22)32(39)34(31(21)38)16-18-8-6-5-7-9-18)29(33(23,2)30(17)37)28-25(40-3)13-19(35)14-26(28)41-4/h5-10,12-14,21-23,27,29,35H,11,15-16H2,1-4H3/t21-,22+,23-,27-,29+,33+/m0/s1. The molecule has 0 radical (unpaired) electrons. The first kappa shape index (κ1) is 27.0. The zero-order chi connectivity index (χ0) is 29.2. The second-order valence-electron chi connectivity index (χ2n) is 11.8. The van der Waals surface area contributed by atoms with E-state index in [1.807, 2.05) is 43.3 Å². The number of benzene rings is 2. The lowest BCUT2D eigenvalue weighted by Crippen LogP contribution is -2.54. The number of likely N-dealkylation sites (tertiary alicyclic amines) is 1. The molecule has 4 aliphatic rings. The smallest absolute Gasteiger partial charge is 0.234 e. The van der Waals surface area contributed by atoms with Gasteiger partial charge >= 0.3 is 0 Å². The molecule has 2 fully saturated rings. The number of hydrogen-bond acceptors (Lipinski definition) is 7. The minimum atomic E-state index is -1.18. The van der Waals surface area contributed by atoms with Crippen LogP contribution in [0.5, 0.6) is 17.2 Å². The third kappa shape index (κ3) is 3.87. The fraction of sp³-hybridized carbons (Fsp3) is 0.394. The number of Topliss-reactive ketones (excluding diaryl/α,β-unsaturated/α-hetero) is 1. The van der Waals surface area contributed by atoms with E-state index in [1.54, 1.807) is 6.92 Å². The zero-order valence-corrected chi connectivity index (χ0v) is 23.5. The second-order valence-corrected chi connectivity index (χ2v) is 11.8. The van der Waals surface area contributed by atoms with E-state index in [9.17, 15) is 24.3 Å². The molecule has 2 aromatic carbocycles. The van der Waals surface area contributed by atoms with Crippen LogP contribution in [-0.4, -0.2) is 47.6 Å². The predicted molar refractivity (Wildman–Crippen MR) is 149 cm³/mol. The average Bonchev–Trinajstić information content (AvgIpc) is 3.20. The number of nitrogens with zero attached hydrogens (tertiary/aromatic N) is 1. The maximum Gasteiger partial charge on any atom is 0.234 e. The average molecular weight is 556 g/mol. The predicted octanol–water partition coefficient (Wildman–Crippen LogP) is 4.37. The van der Waals surface area contributed by atoms with Gasteiger partial charge in [-0.2, -0.15) is 0 Å². The lowest BCUT2D eigenvalue weighted by Gasteiger charge is -2.54. The Morgan fingerprint density at radius 1 is 0.976 bits per heavy atom. The summed E-state index contributed by atoms with van der Waals surface area (Å²) in [5.74, 6) is -3.16. The van der Waals surface area contributed by atoms with Gasteiger partial charge in [-0.3, -0.25) is 24.1 Å². The van der Waals surface area contributed by atoms with Crippen molar-refractivity contribution in [2.75, 3.05) is 14.2 Å². The first-order chi connectivity index (χ1) is 19.6. The number of methoxy groups -OCH3 is 2. The maximum absolute atomic E-state index is 14.0. The Kier molecular flexibility index (Phi) is 6.40. The lowest BCUT2D eigenvalue weighted by atomic mass is 9.47. The molecule has 41 heavy (non-hydrogen) atoms. The Morgan fingerprint density at radius 2 is 1.63 bits per heavy atom. The maximum atomic E-state index is 14.0. The van der Waals surface area contributed by atoms with Crippen LogP contribution < -0.4 is 9.47 Å². The molecule has 0 bridgehead atoms. The van der Waals surface area contributed by atoms with Gasteiger partial charge in [0.05, 0.1) is 38.0 Å². The van der Waals surface area contributed by atoms with E-state index in [1.165, 1.54) is 37.3 Å². The summed E-state index contributed by atoms with van der Waals surface area (Å²) in [6, 6.07) is 12.3. The number of phenolic OH excluding ortho intramolecular Hbond substituents is 1. The molecule has 1 aliphatic heterocycles. The molecule has 0 aromatic heterocycles. The van der Waals surface area contributed by atoms with Gasteiger partial charge in [-0.05, 0) is 42.9 Å². The van der Waals surface area contributed by atoms with Gasteiger partial charge in [-0.25, -0.2) is 0 Å². The summed E-state index contributed by atoms with van der Waals surface area (Å²) in [5, 5.41) is 10.4. The molecule has 6 rings (SSSR count). The van der Waals surface area contributed by atoms with Crippen molar-refractivity contribution in [2.24, 2.45) is 29.1 Å². The van der Waals surface area contributed by atoms with Crippen LogP contribution in [0.2, 0.25) is 0 Å². The van der Waals surface area contributed by atoms with Crippen molar-refractivity contribution in [3.05, 3.63) is 76.9 Å². The van der Waals surface area contributed by atoms with Gasteiger partial charge in [-0.15, -0.1) is 0 Å². The fourth-order valence-corrected chi connectivity index (χ4v) is 7.90. The summed E-state index contributed by atoms with van der Waals surface area (Å²) in [5.41, 5.74) is 1.44. The number of rotatable bonds is 5. The van der Waals surface area contributed by atoms with Crippen molar-refractivity contribution in [3.63, 3.8) is 0 Å². The summed E-state index contributed by atoms with van der Waals surface area (Å²) in [7, 11) is 2.95. The highest BCUT2D eigenvalue weighted by Crippen LogP contribution is 2.64. The number of aromatic hydroxyl groups is 1. The number of carbonyl (C=O) groups is 4. The Hall–Kier alpha value is -4.20. The lowest BCUT2D eigenvalue weighted by molar-refractivity contribution is -0.142. The van der Waals surface area contributed by atoms with E-state index < -0.39 is 35.0 Å². The number of ether oxygens (including phenoxy) is 2. The molecule has 1 saturated carbocycles. The SMILES string of the molecule is COc1cc(O)cc(OC)c1[C@H]1C2=CC[C@@H]3C(=O)N(Cc4ccccc4)C(=O)[C@@H]3[C@@H]2C[C@H]2C(=O)C=C(C)C(=O)[C@@]12C. The molecule has 0 spiro atoms. The Labute approximate surface area is 238 Å². The molecular weight excluding hydrogens is 522 g/mol. The van der Waals surface area contributed by atoms with E-state index in [0.29, 0.717) is 29.1 Å². The van der Waals surface area contributed by atoms with Crippen LogP contribution in [0.1, 0.15) is 43.7 Å². The monoisotopic (exact) mass is 555 g/mol. The van der Waals surface area contributed by atoms with E-state index >= 15 is 0 Å². The number of carbonyl (C=O) groups excluding carboxylic acids is 4. The van der Waals surface area contributed by atoms with Gasteiger partial charge in [0.1, 0.15) is 17.2 Å². The van der Waals surface area contributed by atoms with Gasteiger partial charge in [-0.1, -0.05) is 48.9 Å². The highest BCUT2D eigenvalue weighted by Gasteiger charge is 2.64. The summed E-state index contributed by atoms with van der Waals surface area (Å²) < 4.78 is 11.4. The number of hydrogen-bond donors (Lipinski definition) is 1. The zero-order valence-electron chi connectivity index (χ0n) is 23.5. The Bertz CT molecular complexity index is 1510. The van der Waals surface area contributed by atoms with Crippen LogP contribution >= 0.6 is 0 Å². The normalized spacial score (nSPS) is 30.7. The van der Waals surface area contributed by atoms with E-state index in [-0.39, 0.29) is 42.1 Å². The highest BCUT2D eigenvalue weighted by atomic mass is 16.5. The van der Waals surface area contributed by atoms with Gasteiger partial charge in [0, 0.05) is 29.5 Å². The quantitative estimate of drug-likeness (QED) is 0.431. The third-order valence-corrected chi connectivity index (χ3v) is 9.73. The molecular formula is C33H33NO7. The molecule has 8 heteroatoms. The van der Waals surface area contributed by atoms with Crippen molar-refractivity contribution in [3.8, 4) is 17.2 Å². The summed E-state index contributed by atoms with van der Waals surface area (Å²) >= 11 is 0. The summed E-state index contributed by atoms with van der Waals surface area (Å²) in [6.07, 6.45) is 4.04. The molecule has 0 unspecified atom stereocenters. The number of imide groups is 1. The van der Waals surface area contributed by atoms with Gasteiger partial charge in [0.2, 0.25) is 11.8 Å². The van der Waals surface area contributed by atoms with Crippen LogP contribution in [-0.2, 0) is 25.7 Å². The van der Waals surface area contributed by atoms with E-state index in [2.05, 4.69) is 0 Å². The van der Waals surface area contributed by atoms with E-state index in [4.69, 9.17) is 9.47 Å².